The summed E-state index contributed by atoms with van der Waals surface area (Å²) in [7, 11) is 0. The van der Waals surface area contributed by atoms with Gasteiger partial charge in [-0.25, -0.2) is 0 Å². The number of rotatable bonds is 10. The van der Waals surface area contributed by atoms with Gasteiger partial charge in [-0.15, -0.1) is 0 Å². The zero-order valence-corrected chi connectivity index (χ0v) is 11.1. The van der Waals surface area contributed by atoms with Gasteiger partial charge >= 0.3 is 0 Å². The van der Waals surface area contributed by atoms with E-state index in [0.717, 1.165) is 5.92 Å². The molecule has 0 aromatic rings. The quantitative estimate of drug-likeness (QED) is 0.319. The lowest BCUT2D eigenvalue weighted by Gasteiger charge is -2.12. The smallest absolute Gasteiger partial charge is 0.0234 e. The van der Waals surface area contributed by atoms with E-state index >= 15 is 0 Å². The predicted octanol–water partition coefficient (Wildman–Crippen LogP) is 5.73. The first-order valence-corrected chi connectivity index (χ1v) is 6.97. The van der Waals surface area contributed by atoms with Crippen LogP contribution in [0.5, 0.6) is 0 Å². The molecule has 0 aromatic carbocycles. The van der Waals surface area contributed by atoms with Crippen molar-refractivity contribution in [1.29, 1.82) is 0 Å². The molecule has 1 unspecified atom stereocenters. The second kappa shape index (κ2) is 11.8. The molecule has 0 amide bonds. The van der Waals surface area contributed by atoms with Crippen LogP contribution in [0.4, 0.5) is 0 Å². The maximum Gasteiger partial charge on any atom is -0.0234 e. The van der Waals surface area contributed by atoms with Crippen molar-refractivity contribution in [2.45, 2.75) is 78.6 Å². The Morgan fingerprint density at radius 2 is 1.33 bits per heavy atom. The molecule has 0 saturated heterocycles. The molecule has 15 heavy (non-hydrogen) atoms. The van der Waals surface area contributed by atoms with Gasteiger partial charge < -0.3 is 0 Å². The highest BCUT2D eigenvalue weighted by Crippen LogP contribution is 2.19. The Kier molecular flexibility index (Phi) is 11.6. The van der Waals surface area contributed by atoms with E-state index in [1.807, 2.05) is 0 Å². The topological polar surface area (TPSA) is 0 Å². The highest BCUT2D eigenvalue weighted by atomic mass is 14.1. The van der Waals surface area contributed by atoms with Crippen molar-refractivity contribution in [3.63, 3.8) is 0 Å². The summed E-state index contributed by atoms with van der Waals surface area (Å²) < 4.78 is 0. The molecule has 0 rings (SSSR count). The summed E-state index contributed by atoms with van der Waals surface area (Å²) in [5, 5.41) is 0. The Labute approximate surface area is 97.2 Å². The van der Waals surface area contributed by atoms with Crippen LogP contribution in [0.3, 0.4) is 0 Å². The molecule has 90 valence electrons. The van der Waals surface area contributed by atoms with Crippen LogP contribution in [0.2, 0.25) is 0 Å². The van der Waals surface area contributed by atoms with Crippen LogP contribution in [0, 0.1) is 5.92 Å². The Morgan fingerprint density at radius 3 is 1.87 bits per heavy atom. The van der Waals surface area contributed by atoms with Gasteiger partial charge in [0.1, 0.15) is 0 Å². The van der Waals surface area contributed by atoms with Gasteiger partial charge in [0.2, 0.25) is 0 Å². The lowest BCUT2D eigenvalue weighted by Crippen LogP contribution is -1.97. The van der Waals surface area contributed by atoms with Gasteiger partial charge in [-0.2, -0.15) is 0 Å². The molecular weight excluding hydrogens is 180 g/mol. The fourth-order valence-corrected chi connectivity index (χ4v) is 2.10. The van der Waals surface area contributed by atoms with Crippen LogP contribution < -0.4 is 0 Å². The third kappa shape index (κ3) is 10.0. The normalized spacial score (nSPS) is 13.5. The Bertz CT molecular complexity index is 135. The number of allylic oxidation sites excluding steroid dienone is 2. The van der Waals surface area contributed by atoms with Crippen molar-refractivity contribution in [2.75, 3.05) is 0 Å². The molecule has 0 nitrogen and oxygen atoms in total. The summed E-state index contributed by atoms with van der Waals surface area (Å²) in [4.78, 5) is 0. The second-order valence-corrected chi connectivity index (χ2v) is 4.63. The highest BCUT2D eigenvalue weighted by molar-refractivity contribution is 4.85. The Morgan fingerprint density at radius 1 is 0.800 bits per heavy atom. The van der Waals surface area contributed by atoms with Crippen LogP contribution in [-0.2, 0) is 0 Å². The van der Waals surface area contributed by atoms with E-state index in [2.05, 4.69) is 32.9 Å². The highest BCUT2D eigenvalue weighted by Gasteiger charge is 2.03. The summed E-state index contributed by atoms with van der Waals surface area (Å²) in [6.45, 7) is 6.72. The fraction of sp³-hybridized carbons (Fsp3) is 0.867. The summed E-state index contributed by atoms with van der Waals surface area (Å²) >= 11 is 0. The first kappa shape index (κ1) is 14.7. The van der Waals surface area contributed by atoms with Gasteiger partial charge in [0, 0.05) is 0 Å². The maximum atomic E-state index is 2.42. The van der Waals surface area contributed by atoms with Crippen molar-refractivity contribution >= 4 is 0 Å². The second-order valence-electron chi connectivity index (χ2n) is 4.63. The van der Waals surface area contributed by atoms with E-state index in [9.17, 15) is 0 Å². The van der Waals surface area contributed by atoms with Gasteiger partial charge in [0.25, 0.3) is 0 Å². The van der Waals surface area contributed by atoms with E-state index in [-0.39, 0.29) is 0 Å². The van der Waals surface area contributed by atoms with Crippen molar-refractivity contribution in [3.8, 4) is 0 Å². The van der Waals surface area contributed by atoms with Gasteiger partial charge in [0.05, 0.1) is 0 Å². The number of hydrogen-bond acceptors (Lipinski definition) is 0. The summed E-state index contributed by atoms with van der Waals surface area (Å²) in [6.07, 6.45) is 17.3. The largest absolute Gasteiger partial charge is 0.0914 e. The van der Waals surface area contributed by atoms with E-state index in [1.165, 1.54) is 57.8 Å². The maximum absolute atomic E-state index is 2.42. The minimum absolute atomic E-state index is 0.860. The SMILES string of the molecule is C/C=C/C(CCCCC)CCCCCC. The molecule has 0 radical (unpaired) electrons. The first-order valence-electron chi connectivity index (χ1n) is 6.97. The monoisotopic (exact) mass is 210 g/mol. The van der Waals surface area contributed by atoms with Crippen molar-refractivity contribution in [1.82, 2.24) is 0 Å². The zero-order valence-electron chi connectivity index (χ0n) is 11.1. The molecule has 0 aliphatic heterocycles. The third-order valence-corrected chi connectivity index (χ3v) is 3.07. The fourth-order valence-electron chi connectivity index (χ4n) is 2.10. The van der Waals surface area contributed by atoms with Crippen LogP contribution in [-0.4, -0.2) is 0 Å². The Balaban J connectivity index is 3.54. The number of unbranched alkanes of at least 4 members (excludes halogenated alkanes) is 5. The molecule has 0 aromatic heterocycles. The summed E-state index contributed by atoms with van der Waals surface area (Å²) in [5.74, 6) is 0.860. The molecule has 0 fully saturated rings. The standard InChI is InChI=1S/C15H30/c1-4-7-9-11-14-15(12-6-3)13-10-8-5-2/h6,12,15H,4-5,7-11,13-14H2,1-3H3/b12-6+. The van der Waals surface area contributed by atoms with Gasteiger partial charge in [-0.3, -0.25) is 0 Å². The predicted molar refractivity (Wildman–Crippen MR) is 71.2 cm³/mol. The van der Waals surface area contributed by atoms with Gasteiger partial charge in [0.15, 0.2) is 0 Å². The molecule has 0 aliphatic rings. The lowest BCUT2D eigenvalue weighted by atomic mass is 9.94. The van der Waals surface area contributed by atoms with E-state index < -0.39 is 0 Å². The average Bonchev–Trinajstić information content (AvgIpc) is 2.24. The molecule has 0 aliphatic carbocycles. The minimum Gasteiger partial charge on any atom is -0.0914 e. The molecule has 0 saturated carbocycles. The van der Waals surface area contributed by atoms with Crippen LogP contribution in [0.25, 0.3) is 0 Å². The molecule has 1 atom stereocenters. The molecular formula is C15H30. The zero-order chi connectivity index (χ0) is 11.4. The molecule has 0 heterocycles. The average molecular weight is 210 g/mol. The van der Waals surface area contributed by atoms with E-state index in [0.29, 0.717) is 0 Å². The Hall–Kier alpha value is -0.260. The lowest BCUT2D eigenvalue weighted by molar-refractivity contribution is 0.477. The van der Waals surface area contributed by atoms with Crippen LogP contribution in [0.15, 0.2) is 12.2 Å². The van der Waals surface area contributed by atoms with E-state index in [1.54, 1.807) is 0 Å². The van der Waals surface area contributed by atoms with Crippen LogP contribution >= 0.6 is 0 Å². The molecule has 0 N–H and O–H groups in total. The van der Waals surface area contributed by atoms with Crippen molar-refractivity contribution < 1.29 is 0 Å². The third-order valence-electron chi connectivity index (χ3n) is 3.07. The molecule has 0 bridgehead atoms. The van der Waals surface area contributed by atoms with E-state index in [4.69, 9.17) is 0 Å². The minimum atomic E-state index is 0.860. The molecule has 0 spiro atoms. The molecule has 0 heteroatoms. The summed E-state index contributed by atoms with van der Waals surface area (Å²) in [5.41, 5.74) is 0. The van der Waals surface area contributed by atoms with Crippen LogP contribution in [0.1, 0.15) is 78.6 Å². The van der Waals surface area contributed by atoms with Crippen molar-refractivity contribution in [3.05, 3.63) is 12.2 Å². The number of hydrogen-bond donors (Lipinski definition) is 0. The first-order chi connectivity index (χ1) is 7.35. The van der Waals surface area contributed by atoms with Gasteiger partial charge in [-0.05, 0) is 25.7 Å². The van der Waals surface area contributed by atoms with Gasteiger partial charge in [-0.1, -0.05) is 70.9 Å². The van der Waals surface area contributed by atoms with Crippen molar-refractivity contribution in [2.24, 2.45) is 5.92 Å². The summed E-state index contributed by atoms with van der Waals surface area (Å²) in [6, 6.07) is 0.